The highest BCUT2D eigenvalue weighted by Gasteiger charge is 2.24. The number of nitrogens with two attached hydrogens (primary N) is 1. The third kappa shape index (κ3) is 2.19. The minimum absolute atomic E-state index is 0.598. The number of aromatic nitrogens is 1. The van der Waals surface area contributed by atoms with Crippen LogP contribution in [-0.4, -0.2) is 17.6 Å². The topological polar surface area (TPSA) is 42.1 Å². The van der Waals surface area contributed by atoms with Gasteiger partial charge in [-0.3, -0.25) is 0 Å². The van der Waals surface area contributed by atoms with Crippen LogP contribution in [0.2, 0.25) is 0 Å². The smallest absolute Gasteiger partial charge is 0.129 e. The molecule has 2 N–H and O–H groups in total. The van der Waals surface area contributed by atoms with Crippen molar-refractivity contribution in [3.63, 3.8) is 0 Å². The molecule has 0 bridgehead atoms. The number of pyridine rings is 1. The van der Waals surface area contributed by atoms with E-state index in [-0.39, 0.29) is 0 Å². The number of hydrogen-bond acceptors (Lipinski definition) is 3. The van der Waals surface area contributed by atoms with Crippen molar-refractivity contribution >= 4 is 5.82 Å². The summed E-state index contributed by atoms with van der Waals surface area (Å²) in [6.45, 7) is 6.03. The quantitative estimate of drug-likeness (QED) is 0.847. The van der Waals surface area contributed by atoms with Gasteiger partial charge in [-0.05, 0) is 43.9 Å². The largest absolute Gasteiger partial charge is 0.354 e. The Hall–Kier alpha value is -1.09. The fourth-order valence-corrected chi connectivity index (χ4v) is 2.55. The van der Waals surface area contributed by atoms with Crippen LogP contribution in [0.1, 0.15) is 37.4 Å². The van der Waals surface area contributed by atoms with Gasteiger partial charge in [-0.25, -0.2) is 4.98 Å². The van der Waals surface area contributed by atoms with Crippen molar-refractivity contribution in [3.8, 4) is 0 Å². The lowest BCUT2D eigenvalue weighted by Gasteiger charge is -2.25. The van der Waals surface area contributed by atoms with Crippen molar-refractivity contribution in [1.82, 2.24) is 4.98 Å². The van der Waals surface area contributed by atoms with Gasteiger partial charge in [0, 0.05) is 24.8 Å². The van der Waals surface area contributed by atoms with Crippen molar-refractivity contribution in [2.75, 3.05) is 11.4 Å². The van der Waals surface area contributed by atoms with E-state index in [1.165, 1.54) is 24.8 Å². The highest BCUT2D eigenvalue weighted by atomic mass is 15.2. The molecule has 0 spiro atoms. The molecule has 1 unspecified atom stereocenters. The Labute approximate surface area is 97.7 Å². The summed E-state index contributed by atoms with van der Waals surface area (Å²) in [5.74, 6) is 1.12. The molecule has 1 saturated heterocycles. The van der Waals surface area contributed by atoms with E-state index in [9.17, 15) is 0 Å². The minimum Gasteiger partial charge on any atom is -0.354 e. The second-order valence-corrected chi connectivity index (χ2v) is 4.58. The van der Waals surface area contributed by atoms with E-state index in [0.29, 0.717) is 12.6 Å². The summed E-state index contributed by atoms with van der Waals surface area (Å²) in [5, 5.41) is 0. The SMILES string of the molecule is CCC1CCCN1c1cc(CN)cc(C)n1. The average Bonchev–Trinajstić information content (AvgIpc) is 2.76. The monoisotopic (exact) mass is 219 g/mol. The number of anilines is 1. The Bertz CT molecular complexity index is 362. The molecule has 0 aromatic carbocycles. The van der Waals surface area contributed by atoms with Gasteiger partial charge >= 0.3 is 0 Å². The van der Waals surface area contributed by atoms with Crippen molar-refractivity contribution < 1.29 is 0 Å². The lowest BCUT2D eigenvalue weighted by Crippen LogP contribution is -2.29. The Morgan fingerprint density at radius 3 is 3.00 bits per heavy atom. The fraction of sp³-hybridized carbons (Fsp3) is 0.615. The molecule has 1 aliphatic heterocycles. The second kappa shape index (κ2) is 4.83. The summed E-state index contributed by atoms with van der Waals surface area (Å²) in [6, 6.07) is 4.88. The number of aryl methyl sites for hydroxylation is 1. The van der Waals surface area contributed by atoms with Crippen LogP contribution in [0.25, 0.3) is 0 Å². The summed E-state index contributed by atoms with van der Waals surface area (Å²) in [6.07, 6.45) is 3.78. The minimum atomic E-state index is 0.598. The molecule has 0 amide bonds. The highest BCUT2D eigenvalue weighted by molar-refractivity contribution is 5.44. The molecule has 0 aliphatic carbocycles. The van der Waals surface area contributed by atoms with E-state index in [1.807, 2.05) is 6.92 Å². The van der Waals surface area contributed by atoms with Gasteiger partial charge in [0.05, 0.1) is 0 Å². The standard InChI is InChI=1S/C13H21N3/c1-3-12-5-4-6-16(12)13-8-11(9-14)7-10(2)15-13/h7-8,12H,3-6,9,14H2,1-2H3. The van der Waals surface area contributed by atoms with Crippen LogP contribution in [0.15, 0.2) is 12.1 Å². The Kier molecular flexibility index (Phi) is 3.44. The molecule has 2 rings (SSSR count). The van der Waals surface area contributed by atoms with E-state index in [4.69, 9.17) is 5.73 Å². The molecular weight excluding hydrogens is 198 g/mol. The molecule has 16 heavy (non-hydrogen) atoms. The first-order valence-electron chi connectivity index (χ1n) is 6.19. The Morgan fingerprint density at radius 1 is 1.50 bits per heavy atom. The van der Waals surface area contributed by atoms with Crippen molar-refractivity contribution in [3.05, 3.63) is 23.4 Å². The highest BCUT2D eigenvalue weighted by Crippen LogP contribution is 2.26. The van der Waals surface area contributed by atoms with E-state index >= 15 is 0 Å². The van der Waals surface area contributed by atoms with Gasteiger partial charge in [-0.1, -0.05) is 6.92 Å². The number of nitrogens with zero attached hydrogens (tertiary/aromatic N) is 2. The molecule has 88 valence electrons. The maximum atomic E-state index is 5.71. The summed E-state index contributed by atoms with van der Waals surface area (Å²) >= 11 is 0. The van der Waals surface area contributed by atoms with Crippen LogP contribution in [-0.2, 0) is 6.54 Å². The molecule has 0 radical (unpaired) electrons. The summed E-state index contributed by atoms with van der Waals surface area (Å²) in [7, 11) is 0. The Morgan fingerprint density at radius 2 is 2.31 bits per heavy atom. The first-order chi connectivity index (χ1) is 7.74. The summed E-state index contributed by atoms with van der Waals surface area (Å²) < 4.78 is 0. The van der Waals surface area contributed by atoms with Crippen molar-refractivity contribution in [2.45, 2.75) is 45.7 Å². The normalized spacial score (nSPS) is 20.4. The molecule has 0 saturated carbocycles. The molecule has 1 aromatic heterocycles. The van der Waals surface area contributed by atoms with Crippen LogP contribution in [0.3, 0.4) is 0 Å². The lowest BCUT2D eigenvalue weighted by atomic mass is 10.1. The number of hydrogen-bond donors (Lipinski definition) is 1. The molecule has 1 aliphatic rings. The average molecular weight is 219 g/mol. The molecule has 2 heterocycles. The maximum absolute atomic E-state index is 5.71. The molecule has 3 heteroatoms. The molecule has 1 atom stereocenters. The van der Waals surface area contributed by atoms with Crippen molar-refractivity contribution in [2.24, 2.45) is 5.73 Å². The zero-order valence-corrected chi connectivity index (χ0v) is 10.2. The van der Waals surface area contributed by atoms with Crippen LogP contribution in [0.5, 0.6) is 0 Å². The number of rotatable bonds is 3. The third-order valence-corrected chi connectivity index (χ3v) is 3.38. The molecular formula is C13H21N3. The molecule has 1 fully saturated rings. The fourth-order valence-electron chi connectivity index (χ4n) is 2.55. The zero-order valence-electron chi connectivity index (χ0n) is 10.2. The van der Waals surface area contributed by atoms with E-state index < -0.39 is 0 Å². The van der Waals surface area contributed by atoms with Gasteiger partial charge in [0.2, 0.25) is 0 Å². The van der Waals surface area contributed by atoms with Gasteiger partial charge in [0.1, 0.15) is 5.82 Å². The van der Waals surface area contributed by atoms with Crippen LogP contribution in [0.4, 0.5) is 5.82 Å². The maximum Gasteiger partial charge on any atom is 0.129 e. The van der Waals surface area contributed by atoms with Gasteiger partial charge in [-0.2, -0.15) is 0 Å². The predicted molar refractivity (Wildman–Crippen MR) is 67.5 cm³/mol. The van der Waals surface area contributed by atoms with Crippen LogP contribution >= 0.6 is 0 Å². The van der Waals surface area contributed by atoms with Gasteiger partial charge < -0.3 is 10.6 Å². The van der Waals surface area contributed by atoms with E-state index in [1.54, 1.807) is 0 Å². The second-order valence-electron chi connectivity index (χ2n) is 4.58. The van der Waals surface area contributed by atoms with Gasteiger partial charge in [-0.15, -0.1) is 0 Å². The van der Waals surface area contributed by atoms with Crippen LogP contribution in [0, 0.1) is 6.92 Å². The summed E-state index contributed by atoms with van der Waals surface area (Å²) in [4.78, 5) is 7.07. The van der Waals surface area contributed by atoms with Gasteiger partial charge in [0.15, 0.2) is 0 Å². The van der Waals surface area contributed by atoms with E-state index in [0.717, 1.165) is 18.1 Å². The summed E-state index contributed by atoms with van der Waals surface area (Å²) in [5.41, 5.74) is 7.96. The van der Waals surface area contributed by atoms with Crippen LogP contribution < -0.4 is 10.6 Å². The lowest BCUT2D eigenvalue weighted by molar-refractivity contribution is 0.639. The first kappa shape index (κ1) is 11.4. The van der Waals surface area contributed by atoms with Crippen molar-refractivity contribution in [1.29, 1.82) is 0 Å². The van der Waals surface area contributed by atoms with E-state index in [2.05, 4.69) is 28.9 Å². The first-order valence-corrected chi connectivity index (χ1v) is 6.19. The Balaban J connectivity index is 2.28. The molecule has 3 nitrogen and oxygen atoms in total. The van der Waals surface area contributed by atoms with Gasteiger partial charge in [0.25, 0.3) is 0 Å². The zero-order chi connectivity index (χ0) is 11.5. The predicted octanol–water partition coefficient (Wildman–Crippen LogP) is 2.23. The molecule has 1 aromatic rings. The third-order valence-electron chi connectivity index (χ3n) is 3.38.